The maximum absolute atomic E-state index is 6.00. The lowest BCUT2D eigenvalue weighted by Crippen LogP contribution is -2.46. The van der Waals surface area contributed by atoms with Gasteiger partial charge in [0.1, 0.15) is 10.0 Å². The van der Waals surface area contributed by atoms with E-state index >= 15 is 0 Å². The summed E-state index contributed by atoms with van der Waals surface area (Å²) < 4.78 is 10.1. The molecule has 1 aliphatic heterocycles. The average Bonchev–Trinajstić information content (AvgIpc) is 2.65. The second-order valence-electron chi connectivity index (χ2n) is 4.46. The quantitative estimate of drug-likeness (QED) is 0.836. The van der Waals surface area contributed by atoms with E-state index < -0.39 is 0 Å². The van der Waals surface area contributed by atoms with Gasteiger partial charge in [-0.2, -0.15) is 0 Å². The summed E-state index contributed by atoms with van der Waals surface area (Å²) in [5.74, 6) is 0. The minimum absolute atomic E-state index is 0.0336. The molecular weight excluding hydrogens is 246 g/mol. The van der Waals surface area contributed by atoms with Crippen molar-refractivity contribution in [3.05, 3.63) is 10.0 Å². The summed E-state index contributed by atoms with van der Waals surface area (Å²) in [6.45, 7) is 4.93. The van der Waals surface area contributed by atoms with E-state index in [0.29, 0.717) is 4.34 Å². The summed E-state index contributed by atoms with van der Waals surface area (Å²) in [7, 11) is 1.78. The molecule has 2 rings (SSSR count). The number of methoxy groups -OCH3 is 1. The fourth-order valence-electron chi connectivity index (χ4n) is 2.11. The zero-order valence-electron chi connectivity index (χ0n) is 9.57. The third kappa shape index (κ3) is 2.71. The van der Waals surface area contributed by atoms with E-state index in [9.17, 15) is 0 Å². The molecule has 1 saturated heterocycles. The molecule has 1 atom stereocenters. The molecule has 4 nitrogen and oxygen atoms in total. The van der Waals surface area contributed by atoms with E-state index in [1.54, 1.807) is 7.11 Å². The van der Waals surface area contributed by atoms with Gasteiger partial charge in [-0.25, -0.2) is 0 Å². The van der Waals surface area contributed by atoms with Gasteiger partial charge in [-0.05, 0) is 26.3 Å². The van der Waals surface area contributed by atoms with Crippen LogP contribution in [0.25, 0.3) is 0 Å². The average molecular weight is 262 g/mol. The highest BCUT2D eigenvalue weighted by Crippen LogP contribution is 2.26. The van der Waals surface area contributed by atoms with Crippen LogP contribution < -0.4 is 0 Å². The van der Waals surface area contributed by atoms with Gasteiger partial charge in [-0.15, -0.1) is 5.10 Å². The number of hydrogen-bond donors (Lipinski definition) is 0. The molecule has 0 bridgehead atoms. The molecule has 1 aromatic rings. The van der Waals surface area contributed by atoms with Gasteiger partial charge in [0.25, 0.3) is 0 Å². The largest absolute Gasteiger partial charge is 0.377 e. The first-order chi connectivity index (χ1) is 7.63. The lowest BCUT2D eigenvalue weighted by molar-refractivity contribution is -0.0529. The Hall–Kier alpha value is -0.230. The Bertz CT molecular complexity index is 360. The van der Waals surface area contributed by atoms with E-state index in [1.807, 2.05) is 0 Å². The molecule has 0 saturated carbocycles. The maximum Gasteiger partial charge on any atom is 0.138 e. The number of hydrogen-bond acceptors (Lipinski definition) is 5. The molecule has 0 aliphatic carbocycles. The van der Waals surface area contributed by atoms with E-state index in [0.717, 1.165) is 38.2 Å². The molecule has 2 heterocycles. The number of halogens is 1. The van der Waals surface area contributed by atoms with Crippen molar-refractivity contribution in [1.82, 2.24) is 14.5 Å². The van der Waals surface area contributed by atoms with Crippen molar-refractivity contribution in [3.63, 3.8) is 0 Å². The third-order valence-electron chi connectivity index (χ3n) is 3.11. The summed E-state index contributed by atoms with van der Waals surface area (Å²) >= 11 is 7.24. The third-order valence-corrected chi connectivity index (χ3v) is 4.10. The van der Waals surface area contributed by atoms with Gasteiger partial charge >= 0.3 is 0 Å². The van der Waals surface area contributed by atoms with Gasteiger partial charge < -0.3 is 4.74 Å². The van der Waals surface area contributed by atoms with E-state index in [4.69, 9.17) is 16.3 Å². The second-order valence-corrected chi connectivity index (χ2v) is 5.82. The topological polar surface area (TPSA) is 38.2 Å². The number of aromatic nitrogens is 2. The van der Waals surface area contributed by atoms with Gasteiger partial charge in [-0.1, -0.05) is 16.1 Å². The maximum atomic E-state index is 6.00. The monoisotopic (exact) mass is 261 g/mol. The molecule has 1 aliphatic rings. The van der Waals surface area contributed by atoms with Crippen LogP contribution in [0.4, 0.5) is 0 Å². The predicted molar refractivity (Wildman–Crippen MR) is 64.8 cm³/mol. The zero-order valence-corrected chi connectivity index (χ0v) is 11.1. The Labute approximate surface area is 105 Å². The summed E-state index contributed by atoms with van der Waals surface area (Å²) in [5, 5.41) is 4.04. The van der Waals surface area contributed by atoms with Crippen molar-refractivity contribution in [2.24, 2.45) is 0 Å². The Morgan fingerprint density at radius 3 is 3.06 bits per heavy atom. The lowest BCUT2D eigenvalue weighted by Gasteiger charge is -2.39. The van der Waals surface area contributed by atoms with E-state index in [2.05, 4.69) is 21.4 Å². The van der Waals surface area contributed by atoms with Crippen LogP contribution in [0.2, 0.25) is 4.34 Å². The van der Waals surface area contributed by atoms with E-state index in [-0.39, 0.29) is 5.60 Å². The highest BCUT2D eigenvalue weighted by Gasteiger charge is 2.31. The lowest BCUT2D eigenvalue weighted by atomic mass is 9.95. The molecule has 16 heavy (non-hydrogen) atoms. The molecule has 1 unspecified atom stereocenters. The van der Waals surface area contributed by atoms with Crippen LogP contribution in [0.3, 0.4) is 0 Å². The summed E-state index contributed by atoms with van der Waals surface area (Å²) in [6.07, 6.45) is 2.27. The minimum atomic E-state index is -0.0336. The van der Waals surface area contributed by atoms with Crippen LogP contribution in [0.15, 0.2) is 0 Å². The SMILES string of the molecule is COC1(C)CCCN(Cc2nnsc2Cl)C1. The molecule has 90 valence electrons. The van der Waals surface area contributed by atoms with Crippen LogP contribution in [0.1, 0.15) is 25.5 Å². The number of piperidine rings is 1. The molecule has 6 heteroatoms. The summed E-state index contributed by atoms with van der Waals surface area (Å²) in [6, 6.07) is 0. The van der Waals surface area contributed by atoms with Crippen molar-refractivity contribution in [2.75, 3.05) is 20.2 Å². The van der Waals surface area contributed by atoms with Crippen molar-refractivity contribution in [1.29, 1.82) is 0 Å². The normalized spacial score (nSPS) is 27.2. The van der Waals surface area contributed by atoms with Gasteiger partial charge in [-0.3, -0.25) is 4.90 Å². The molecular formula is C10H16ClN3OS. The molecule has 0 radical (unpaired) electrons. The van der Waals surface area contributed by atoms with Gasteiger partial charge in [0, 0.05) is 31.7 Å². The Balaban J connectivity index is 1.98. The number of nitrogens with zero attached hydrogens (tertiary/aromatic N) is 3. The summed E-state index contributed by atoms with van der Waals surface area (Å²) in [5.41, 5.74) is 0.848. The second kappa shape index (κ2) is 4.96. The highest BCUT2D eigenvalue weighted by atomic mass is 35.5. The molecule has 1 aromatic heterocycles. The van der Waals surface area contributed by atoms with Crippen LogP contribution in [-0.4, -0.2) is 40.3 Å². The molecule has 0 N–H and O–H groups in total. The number of rotatable bonds is 3. The van der Waals surface area contributed by atoms with Crippen molar-refractivity contribution in [2.45, 2.75) is 31.9 Å². The first-order valence-electron chi connectivity index (χ1n) is 5.37. The molecule has 0 aromatic carbocycles. The van der Waals surface area contributed by atoms with Crippen molar-refractivity contribution >= 4 is 23.1 Å². The Morgan fingerprint density at radius 1 is 1.62 bits per heavy atom. The first-order valence-corrected chi connectivity index (χ1v) is 6.52. The van der Waals surface area contributed by atoms with Crippen LogP contribution >= 0.6 is 23.1 Å². The number of likely N-dealkylation sites (tertiary alicyclic amines) is 1. The number of ether oxygens (including phenoxy) is 1. The Morgan fingerprint density at radius 2 is 2.44 bits per heavy atom. The first kappa shape index (κ1) is 12.2. The predicted octanol–water partition coefficient (Wildman–Crippen LogP) is 2.19. The van der Waals surface area contributed by atoms with Crippen molar-refractivity contribution in [3.8, 4) is 0 Å². The molecule has 0 spiro atoms. The highest BCUT2D eigenvalue weighted by molar-refractivity contribution is 7.10. The molecule has 0 amide bonds. The standard InChI is InChI=1S/C10H16ClN3OS/c1-10(15-2)4-3-5-14(7-10)6-8-9(11)16-13-12-8/h3-7H2,1-2H3. The fraction of sp³-hybridized carbons (Fsp3) is 0.800. The van der Waals surface area contributed by atoms with Crippen molar-refractivity contribution < 1.29 is 4.74 Å². The van der Waals surface area contributed by atoms with Crippen LogP contribution in [-0.2, 0) is 11.3 Å². The van der Waals surface area contributed by atoms with Gasteiger partial charge in [0.15, 0.2) is 0 Å². The fourth-order valence-corrected chi connectivity index (χ4v) is 2.72. The smallest absolute Gasteiger partial charge is 0.138 e. The van der Waals surface area contributed by atoms with Gasteiger partial charge in [0.2, 0.25) is 0 Å². The summed E-state index contributed by atoms with van der Waals surface area (Å²) in [4.78, 5) is 2.33. The van der Waals surface area contributed by atoms with Crippen LogP contribution in [0, 0.1) is 0 Å². The Kier molecular flexibility index (Phi) is 3.79. The zero-order chi connectivity index (χ0) is 11.6. The minimum Gasteiger partial charge on any atom is -0.377 e. The van der Waals surface area contributed by atoms with Gasteiger partial charge in [0.05, 0.1) is 5.60 Å². The van der Waals surface area contributed by atoms with Crippen LogP contribution in [0.5, 0.6) is 0 Å². The molecule has 1 fully saturated rings. The van der Waals surface area contributed by atoms with E-state index in [1.165, 1.54) is 11.5 Å².